The van der Waals surface area contributed by atoms with Gasteiger partial charge in [-0.15, -0.1) is 0 Å². The minimum absolute atomic E-state index is 0.0679. The van der Waals surface area contributed by atoms with E-state index in [4.69, 9.17) is 4.74 Å². The Morgan fingerprint density at radius 3 is 2.48 bits per heavy atom. The molecule has 10 nitrogen and oxygen atoms in total. The molecule has 0 fully saturated rings. The van der Waals surface area contributed by atoms with E-state index >= 15 is 0 Å². The van der Waals surface area contributed by atoms with Gasteiger partial charge in [-0.2, -0.15) is 10.1 Å². The minimum atomic E-state index is -0.509. The summed E-state index contributed by atoms with van der Waals surface area (Å²) >= 11 is 0. The van der Waals surface area contributed by atoms with Gasteiger partial charge < -0.3 is 15.4 Å². The lowest BCUT2D eigenvalue weighted by molar-refractivity contribution is -0.385. The Morgan fingerprint density at radius 1 is 1.11 bits per heavy atom. The molecule has 10 heteroatoms. The van der Waals surface area contributed by atoms with Crippen molar-refractivity contribution >= 4 is 28.8 Å². The van der Waals surface area contributed by atoms with Crippen molar-refractivity contribution in [1.29, 1.82) is 0 Å². The molecule has 0 unspecified atom stereocenters. The van der Waals surface area contributed by atoms with Crippen LogP contribution in [-0.4, -0.2) is 32.2 Å². The number of aromatic amines is 1. The van der Waals surface area contributed by atoms with Crippen molar-refractivity contribution in [3.05, 3.63) is 51.5 Å². The van der Waals surface area contributed by atoms with Gasteiger partial charge in [-0.05, 0) is 32.9 Å². The summed E-state index contributed by atoms with van der Waals surface area (Å²) in [6, 6.07) is 7.10. The Balaban J connectivity index is 2.05. The van der Waals surface area contributed by atoms with E-state index < -0.39 is 4.92 Å². The molecule has 0 saturated carbocycles. The number of nitrogens with zero attached hydrogens (tertiary/aromatic N) is 4. The van der Waals surface area contributed by atoms with E-state index in [1.54, 1.807) is 31.2 Å². The van der Waals surface area contributed by atoms with Crippen molar-refractivity contribution in [3.8, 4) is 5.75 Å². The van der Waals surface area contributed by atoms with E-state index in [0.717, 1.165) is 17.1 Å². The van der Waals surface area contributed by atoms with Crippen LogP contribution in [0.4, 0.5) is 28.8 Å². The molecule has 1 aromatic carbocycles. The highest BCUT2D eigenvalue weighted by atomic mass is 16.6. The molecule has 3 rings (SSSR count). The van der Waals surface area contributed by atoms with Crippen LogP contribution in [0.25, 0.3) is 0 Å². The largest absolute Gasteiger partial charge is 0.495 e. The number of H-pyrrole nitrogens is 1. The molecule has 27 heavy (non-hydrogen) atoms. The number of nitro groups is 1. The highest BCUT2D eigenvalue weighted by Crippen LogP contribution is 2.33. The number of ether oxygens (including phenoxy) is 1. The minimum Gasteiger partial charge on any atom is -0.495 e. The Kier molecular flexibility index (Phi) is 4.88. The van der Waals surface area contributed by atoms with E-state index in [9.17, 15) is 10.1 Å². The molecule has 140 valence electrons. The van der Waals surface area contributed by atoms with E-state index in [-0.39, 0.29) is 23.1 Å². The van der Waals surface area contributed by atoms with Gasteiger partial charge in [0.2, 0.25) is 11.8 Å². The number of hydrogen-bond donors (Lipinski definition) is 3. The molecule has 0 atom stereocenters. The van der Waals surface area contributed by atoms with Gasteiger partial charge in [0, 0.05) is 0 Å². The maximum absolute atomic E-state index is 11.5. The van der Waals surface area contributed by atoms with Crippen LogP contribution in [0, 0.1) is 30.9 Å². The number of benzene rings is 1. The fraction of sp³-hybridized carbons (Fsp3) is 0.235. The first-order chi connectivity index (χ1) is 12.9. The molecule has 3 aromatic rings. The maximum Gasteiger partial charge on any atom is 0.332 e. The van der Waals surface area contributed by atoms with E-state index in [1.807, 2.05) is 13.8 Å². The molecule has 0 radical (unpaired) electrons. The van der Waals surface area contributed by atoms with Gasteiger partial charge in [-0.1, -0.05) is 12.1 Å². The second kappa shape index (κ2) is 7.28. The average Bonchev–Trinajstić information content (AvgIpc) is 2.93. The van der Waals surface area contributed by atoms with Crippen LogP contribution in [0.15, 0.2) is 24.3 Å². The summed E-state index contributed by atoms with van der Waals surface area (Å²) in [5, 5.41) is 24.6. The molecular weight excluding hydrogens is 350 g/mol. The summed E-state index contributed by atoms with van der Waals surface area (Å²) in [4.78, 5) is 19.6. The van der Waals surface area contributed by atoms with Gasteiger partial charge in [-0.3, -0.25) is 15.2 Å². The van der Waals surface area contributed by atoms with Crippen LogP contribution in [0.2, 0.25) is 0 Å². The third-order valence-electron chi connectivity index (χ3n) is 3.97. The van der Waals surface area contributed by atoms with Gasteiger partial charge in [0.05, 0.1) is 34.8 Å². The van der Waals surface area contributed by atoms with Gasteiger partial charge in [0.1, 0.15) is 11.4 Å². The summed E-state index contributed by atoms with van der Waals surface area (Å²) in [5.41, 5.74) is 2.87. The molecular formula is C17H19N7O3. The third-order valence-corrected chi connectivity index (χ3v) is 3.97. The van der Waals surface area contributed by atoms with Crippen molar-refractivity contribution in [1.82, 2.24) is 20.2 Å². The summed E-state index contributed by atoms with van der Waals surface area (Å²) in [6.45, 7) is 5.25. The number of aryl methyl sites for hydroxylation is 3. The normalized spacial score (nSPS) is 10.5. The second-order valence-electron chi connectivity index (χ2n) is 5.85. The zero-order valence-electron chi connectivity index (χ0n) is 15.3. The molecule has 3 N–H and O–H groups in total. The van der Waals surface area contributed by atoms with Gasteiger partial charge in [-0.25, -0.2) is 4.98 Å². The van der Waals surface area contributed by atoms with Crippen molar-refractivity contribution < 1.29 is 9.66 Å². The third kappa shape index (κ3) is 3.64. The number of hydrogen-bond acceptors (Lipinski definition) is 8. The molecule has 2 aromatic heterocycles. The molecule has 0 spiro atoms. The smallest absolute Gasteiger partial charge is 0.332 e. The number of aromatic nitrogens is 4. The topological polar surface area (TPSA) is 131 Å². The van der Waals surface area contributed by atoms with Crippen LogP contribution in [-0.2, 0) is 0 Å². The standard InChI is InChI=1S/C17H19N7O3/c1-9-14(10(2)23-22-9)20-17-18-11(3)15(24(25)26)16(21-17)19-12-7-5-6-8-13(12)27-4/h5-8H,1-4H3,(H,22,23)(H2,18,19,20,21). The monoisotopic (exact) mass is 369 g/mol. The van der Waals surface area contributed by atoms with Gasteiger partial charge in [0.15, 0.2) is 0 Å². The summed E-state index contributed by atoms with van der Waals surface area (Å²) in [6.07, 6.45) is 0. The maximum atomic E-state index is 11.5. The zero-order chi connectivity index (χ0) is 19.6. The van der Waals surface area contributed by atoms with Crippen molar-refractivity contribution in [2.24, 2.45) is 0 Å². The molecule has 0 saturated heterocycles. The van der Waals surface area contributed by atoms with E-state index in [2.05, 4.69) is 30.8 Å². The number of nitrogens with one attached hydrogen (secondary N) is 3. The number of anilines is 4. The Bertz CT molecular complexity index is 981. The van der Waals surface area contributed by atoms with Crippen LogP contribution >= 0.6 is 0 Å². The second-order valence-corrected chi connectivity index (χ2v) is 5.85. The SMILES string of the molecule is COc1ccccc1Nc1nc(Nc2c(C)n[nH]c2C)nc(C)c1[N+](=O)[O-]. The number of methoxy groups -OCH3 is 1. The molecule has 0 aliphatic carbocycles. The Morgan fingerprint density at radius 2 is 1.85 bits per heavy atom. The number of rotatable bonds is 6. The lowest BCUT2D eigenvalue weighted by Gasteiger charge is -2.13. The summed E-state index contributed by atoms with van der Waals surface area (Å²) in [7, 11) is 1.53. The first kappa shape index (κ1) is 18.1. The zero-order valence-corrected chi connectivity index (χ0v) is 15.3. The number of para-hydroxylation sites is 2. The van der Waals surface area contributed by atoms with Crippen molar-refractivity contribution in [3.63, 3.8) is 0 Å². The fourth-order valence-electron chi connectivity index (χ4n) is 2.65. The van der Waals surface area contributed by atoms with Crippen LogP contribution < -0.4 is 15.4 Å². The van der Waals surface area contributed by atoms with Crippen LogP contribution in [0.5, 0.6) is 5.75 Å². The molecule has 2 heterocycles. The first-order valence-electron chi connectivity index (χ1n) is 8.12. The van der Waals surface area contributed by atoms with E-state index in [1.165, 1.54) is 7.11 Å². The van der Waals surface area contributed by atoms with Crippen molar-refractivity contribution in [2.45, 2.75) is 20.8 Å². The predicted molar refractivity (Wildman–Crippen MR) is 101 cm³/mol. The molecule has 0 aliphatic heterocycles. The summed E-state index contributed by atoms with van der Waals surface area (Å²) < 4.78 is 5.29. The van der Waals surface area contributed by atoms with E-state index in [0.29, 0.717) is 11.4 Å². The highest BCUT2D eigenvalue weighted by molar-refractivity contribution is 5.72. The molecule has 0 amide bonds. The predicted octanol–water partition coefficient (Wildman–Crippen LogP) is 3.53. The average molecular weight is 369 g/mol. The van der Waals surface area contributed by atoms with Crippen LogP contribution in [0.3, 0.4) is 0 Å². The van der Waals surface area contributed by atoms with Crippen molar-refractivity contribution in [2.75, 3.05) is 17.7 Å². The van der Waals surface area contributed by atoms with Gasteiger partial charge in [0.25, 0.3) is 0 Å². The van der Waals surface area contributed by atoms with Gasteiger partial charge >= 0.3 is 5.69 Å². The Labute approximate surface area is 155 Å². The van der Waals surface area contributed by atoms with Crippen LogP contribution in [0.1, 0.15) is 17.1 Å². The summed E-state index contributed by atoms with van der Waals surface area (Å²) in [5.74, 6) is 0.834. The highest BCUT2D eigenvalue weighted by Gasteiger charge is 2.23. The Hall–Kier alpha value is -3.69. The molecule has 0 aliphatic rings. The lowest BCUT2D eigenvalue weighted by atomic mass is 10.2. The lowest BCUT2D eigenvalue weighted by Crippen LogP contribution is -2.08. The fourth-order valence-corrected chi connectivity index (χ4v) is 2.65. The quantitative estimate of drug-likeness (QED) is 0.444. The molecule has 0 bridgehead atoms. The first-order valence-corrected chi connectivity index (χ1v) is 8.12.